The molecule has 0 heterocycles. The van der Waals surface area contributed by atoms with Gasteiger partial charge in [-0.15, -0.1) is 39.7 Å². The summed E-state index contributed by atoms with van der Waals surface area (Å²) in [6, 6.07) is 19.3. The van der Waals surface area contributed by atoms with Crippen molar-refractivity contribution in [1.29, 1.82) is 0 Å². The number of fused-ring (bicyclic) bond motifs is 3. The first-order valence-electron chi connectivity index (χ1n) is 12.3. The molecule has 4 rings (SSSR count). The van der Waals surface area contributed by atoms with Gasteiger partial charge in [-0.2, -0.15) is 0 Å². The summed E-state index contributed by atoms with van der Waals surface area (Å²) in [5.74, 6) is -0.281. The van der Waals surface area contributed by atoms with E-state index in [4.69, 9.17) is 5.73 Å². The van der Waals surface area contributed by atoms with Crippen LogP contribution in [0.2, 0.25) is 0 Å². The average molecular weight is 466 g/mol. The van der Waals surface area contributed by atoms with Gasteiger partial charge in [0.05, 0.1) is 5.91 Å². The molecule has 32 heavy (non-hydrogen) atoms. The van der Waals surface area contributed by atoms with E-state index in [0.29, 0.717) is 0 Å². The van der Waals surface area contributed by atoms with Crippen molar-refractivity contribution in [3.8, 4) is 0 Å². The van der Waals surface area contributed by atoms with Gasteiger partial charge in [0.15, 0.2) is 0 Å². The zero-order valence-electron chi connectivity index (χ0n) is 20.0. The summed E-state index contributed by atoms with van der Waals surface area (Å²) in [6.45, 7) is 4.17. The molecule has 3 aromatic carbocycles. The number of amides is 1. The second-order valence-electron chi connectivity index (χ2n) is 9.14. The van der Waals surface area contributed by atoms with Crippen LogP contribution in [-0.4, -0.2) is 9.72 Å². The molecule has 1 N–H and O–H groups in total. The molecule has 1 fully saturated rings. The summed E-state index contributed by atoms with van der Waals surface area (Å²) in [6.07, 6.45) is 13.5. The Bertz CT molecular complexity index is 892. The van der Waals surface area contributed by atoms with Gasteiger partial charge < -0.3 is 10.5 Å². The minimum atomic E-state index is -0.327. The molecule has 0 atom stereocenters. The summed E-state index contributed by atoms with van der Waals surface area (Å²) < 4.78 is 1.42. The number of benzene rings is 2. The molecule has 0 unspecified atom stereocenters. The molecule has 0 bridgehead atoms. The van der Waals surface area contributed by atoms with Crippen molar-refractivity contribution in [2.45, 2.75) is 84.5 Å². The third-order valence-electron chi connectivity index (χ3n) is 6.00. The first-order chi connectivity index (χ1) is 15.5. The quantitative estimate of drug-likeness (QED) is 0.261. The van der Waals surface area contributed by atoms with E-state index in [1.807, 2.05) is 0 Å². The Morgan fingerprint density at radius 2 is 1.09 bits per heavy atom. The number of hydrogen-bond donors (Lipinski definition) is 0. The van der Waals surface area contributed by atoms with Crippen molar-refractivity contribution < 1.29 is 24.8 Å². The Labute approximate surface area is 206 Å². The molecule has 3 aromatic rings. The third-order valence-corrected chi connectivity index (χ3v) is 6.00. The minimum absolute atomic E-state index is 0.0458. The molecule has 0 saturated heterocycles. The number of nitrogens with one attached hydrogen (secondary N) is 1. The number of rotatable bonds is 1. The topological polar surface area (TPSA) is 40.9 Å². The van der Waals surface area contributed by atoms with Crippen LogP contribution < -0.4 is 0 Å². The molecule has 1 aliphatic carbocycles. The number of carbonyl (C=O) groups excluding carboxylic acids is 1. The summed E-state index contributed by atoms with van der Waals surface area (Å²) in [4.78, 5) is 11.1. The maximum atomic E-state index is 11.1. The van der Waals surface area contributed by atoms with Gasteiger partial charge in [-0.25, -0.2) is 0 Å². The van der Waals surface area contributed by atoms with Crippen LogP contribution in [0, 0.1) is 5.92 Å². The van der Waals surface area contributed by atoms with E-state index in [9.17, 15) is 4.79 Å². The van der Waals surface area contributed by atoms with Crippen LogP contribution >= 0.6 is 0 Å². The zero-order valence-corrected chi connectivity index (χ0v) is 21.5. The molecule has 0 spiro atoms. The fraction of sp³-hybridized carbons (Fsp3) is 0.483. The fourth-order valence-corrected chi connectivity index (χ4v) is 4.33. The van der Waals surface area contributed by atoms with Gasteiger partial charge in [0, 0.05) is 5.92 Å². The van der Waals surface area contributed by atoms with Crippen molar-refractivity contribution in [2.24, 2.45) is 5.92 Å². The van der Waals surface area contributed by atoms with E-state index < -0.39 is 0 Å². The Hall–Kier alpha value is -1.64. The summed E-state index contributed by atoms with van der Waals surface area (Å²) in [5.41, 5.74) is 7.23. The van der Waals surface area contributed by atoms with Crippen LogP contribution in [0.3, 0.4) is 0 Å². The van der Waals surface area contributed by atoms with E-state index in [1.54, 1.807) is 0 Å². The van der Waals surface area contributed by atoms with Gasteiger partial charge in [-0.3, -0.25) is 0 Å². The van der Waals surface area contributed by atoms with Crippen molar-refractivity contribution >= 4 is 31.3 Å². The summed E-state index contributed by atoms with van der Waals surface area (Å²) in [7, 11) is 0. The van der Waals surface area contributed by atoms with E-state index in [-0.39, 0.29) is 11.8 Å². The zero-order chi connectivity index (χ0) is 23.2. The van der Waals surface area contributed by atoms with Crippen molar-refractivity contribution in [2.75, 3.05) is 0 Å². The largest absolute Gasteiger partial charge is 0.668 e. The van der Waals surface area contributed by atoms with Gasteiger partial charge in [0.2, 0.25) is 0 Å². The summed E-state index contributed by atoms with van der Waals surface area (Å²) >= 11 is 2.08. The first-order valence-corrected chi connectivity index (χ1v) is 13.1. The molecular weight excluding hydrogens is 426 g/mol. The van der Waals surface area contributed by atoms with Crippen LogP contribution in [-0.2, 0) is 24.8 Å². The molecule has 1 aliphatic rings. The molecule has 1 saturated carbocycles. The fourth-order valence-electron chi connectivity index (χ4n) is 4.33. The predicted octanol–water partition coefficient (Wildman–Crippen LogP) is 8.94. The Kier molecular flexibility index (Phi) is 12.7. The van der Waals surface area contributed by atoms with Crippen molar-refractivity contribution in [3.05, 3.63) is 60.3 Å². The molecule has 2 nitrogen and oxygen atoms in total. The van der Waals surface area contributed by atoms with Gasteiger partial charge >= 0.3 is 37.6 Å². The molecule has 0 aromatic heterocycles. The smallest absolute Gasteiger partial charge is 0.0519 e. The normalized spacial score (nSPS) is 16.0. The maximum Gasteiger partial charge on any atom is 0.0519 e. The summed E-state index contributed by atoms with van der Waals surface area (Å²) in [5, 5.41) is 5.39. The number of carbonyl (C=O) groups is 1. The van der Waals surface area contributed by atoms with E-state index >= 15 is 0 Å². The Balaban J connectivity index is 0.000000196. The van der Waals surface area contributed by atoms with Gasteiger partial charge in [-0.05, 0) is 12.8 Å². The Morgan fingerprint density at radius 1 is 0.750 bits per heavy atom. The molecular formula is C29H39NOTi. The second kappa shape index (κ2) is 15.2. The number of hydrogen-bond acceptors (Lipinski definition) is 1. The van der Waals surface area contributed by atoms with E-state index in [0.717, 1.165) is 25.7 Å². The molecule has 170 valence electrons. The van der Waals surface area contributed by atoms with Crippen molar-refractivity contribution in [3.63, 3.8) is 0 Å². The van der Waals surface area contributed by atoms with Gasteiger partial charge in [-0.1, -0.05) is 94.2 Å². The van der Waals surface area contributed by atoms with Gasteiger partial charge in [0.25, 0.3) is 0 Å². The molecule has 3 heteroatoms. The maximum absolute atomic E-state index is 11.1. The average Bonchev–Trinajstić information content (AvgIpc) is 3.13. The standard InChI is InChI=1S/C13H25NO.C13H9.C3H6.Ti/c14-13(15)12-10-8-6-4-2-1-3-5-7-9-11-12;1-3-7-12-10(5-1)9-11-6-2-4-8-13(11)12;1-3-2;/h12H,1-11H2,(H2,14,15);1-9H;1-2H3;/q;-1;;+2/p-1. The van der Waals surface area contributed by atoms with E-state index in [1.165, 1.54) is 70.3 Å². The monoisotopic (exact) mass is 465 g/mol. The van der Waals surface area contributed by atoms with Crippen molar-refractivity contribution in [1.82, 2.24) is 0 Å². The second-order valence-corrected chi connectivity index (χ2v) is 10.7. The molecule has 0 aliphatic heterocycles. The van der Waals surface area contributed by atoms with Crippen LogP contribution in [0.25, 0.3) is 27.3 Å². The molecule has 0 radical (unpaired) electrons. The van der Waals surface area contributed by atoms with Crippen LogP contribution in [0.15, 0.2) is 54.6 Å². The minimum Gasteiger partial charge on any atom is -0.668 e. The van der Waals surface area contributed by atoms with Gasteiger partial charge in [0.1, 0.15) is 0 Å². The Morgan fingerprint density at radius 3 is 1.47 bits per heavy atom. The van der Waals surface area contributed by atoms with E-state index in [2.05, 4.69) is 88.4 Å². The van der Waals surface area contributed by atoms with Crippen LogP contribution in [0.5, 0.6) is 0 Å². The first kappa shape index (κ1) is 26.6. The SMILES string of the molecule is C[C](C)=[Ti+2].[NH-]C(=O)C1CCCCCCCCCCC1.c1ccc2c(c1)[cH-]c1ccccc12. The van der Waals surface area contributed by atoms with Crippen LogP contribution in [0.4, 0.5) is 0 Å². The third kappa shape index (κ3) is 9.88. The van der Waals surface area contributed by atoms with Crippen LogP contribution in [0.1, 0.15) is 84.5 Å². The molecule has 1 amide bonds. The predicted molar refractivity (Wildman–Crippen MR) is 137 cm³/mol.